The normalized spacial score (nSPS) is 9.11. The molecule has 0 saturated carbocycles. The second-order valence-corrected chi connectivity index (χ2v) is 1.93. The fraction of sp³-hybridized carbons (Fsp3) is 0.143. The molecule has 0 saturated heterocycles. The van der Waals surface area contributed by atoms with E-state index in [1.54, 1.807) is 19.2 Å². The first-order valence-corrected chi connectivity index (χ1v) is 2.92. The van der Waals surface area contributed by atoms with Crippen LogP contribution in [0.5, 0.6) is 5.75 Å². The van der Waals surface area contributed by atoms with Gasteiger partial charge in [-0.25, -0.2) is 0 Å². The van der Waals surface area contributed by atoms with Crippen LogP contribution in [0.25, 0.3) is 0 Å². The highest BCUT2D eigenvalue weighted by Gasteiger charge is 1.94. The summed E-state index contributed by atoms with van der Waals surface area (Å²) in [6, 6.07) is 8.15. The SMILES string of the molecule is COc1ccc[c]c1Cl. The lowest BCUT2D eigenvalue weighted by Gasteiger charge is -1.98. The van der Waals surface area contributed by atoms with Crippen LogP contribution >= 0.6 is 11.6 Å². The number of halogens is 1. The molecule has 0 aliphatic carbocycles. The van der Waals surface area contributed by atoms with Crippen molar-refractivity contribution in [1.29, 1.82) is 0 Å². The second kappa shape index (κ2) is 2.74. The fourth-order valence-electron chi connectivity index (χ4n) is 0.559. The standard InChI is InChI=1S/C7H6ClO/c1-9-7-5-3-2-4-6(7)8/h2-3,5H,1H3. The van der Waals surface area contributed by atoms with E-state index in [9.17, 15) is 0 Å². The molecular weight excluding hydrogens is 136 g/mol. The average Bonchev–Trinajstić information content (AvgIpc) is 1.89. The highest BCUT2D eigenvalue weighted by atomic mass is 35.5. The number of methoxy groups -OCH3 is 1. The minimum absolute atomic E-state index is 0.528. The molecule has 1 nitrogen and oxygen atoms in total. The van der Waals surface area contributed by atoms with Gasteiger partial charge in [0.15, 0.2) is 0 Å². The first-order chi connectivity index (χ1) is 4.34. The molecule has 1 rings (SSSR count). The molecule has 0 heterocycles. The van der Waals surface area contributed by atoms with Gasteiger partial charge in [0.05, 0.1) is 12.1 Å². The average molecular weight is 142 g/mol. The zero-order valence-corrected chi connectivity index (χ0v) is 5.77. The smallest absolute Gasteiger partial charge is 0.138 e. The van der Waals surface area contributed by atoms with Crippen molar-refractivity contribution in [3.05, 3.63) is 29.3 Å². The summed E-state index contributed by atoms with van der Waals surface area (Å²) in [5.41, 5.74) is 0. The van der Waals surface area contributed by atoms with Gasteiger partial charge in [-0.15, -0.1) is 0 Å². The predicted octanol–water partition coefficient (Wildman–Crippen LogP) is 2.15. The molecule has 1 radical (unpaired) electrons. The van der Waals surface area contributed by atoms with E-state index in [2.05, 4.69) is 6.07 Å². The lowest BCUT2D eigenvalue weighted by molar-refractivity contribution is 0.415. The van der Waals surface area contributed by atoms with Crippen LogP contribution in [0.3, 0.4) is 0 Å². The van der Waals surface area contributed by atoms with Crippen molar-refractivity contribution < 1.29 is 4.74 Å². The summed E-state index contributed by atoms with van der Waals surface area (Å²) in [4.78, 5) is 0. The van der Waals surface area contributed by atoms with E-state index in [1.807, 2.05) is 6.07 Å². The molecule has 0 N–H and O–H groups in total. The molecule has 0 aromatic heterocycles. The van der Waals surface area contributed by atoms with Gasteiger partial charge < -0.3 is 4.74 Å². The van der Waals surface area contributed by atoms with Gasteiger partial charge in [0.25, 0.3) is 0 Å². The van der Waals surface area contributed by atoms with E-state index in [-0.39, 0.29) is 0 Å². The molecule has 0 bridgehead atoms. The monoisotopic (exact) mass is 141 g/mol. The van der Waals surface area contributed by atoms with E-state index >= 15 is 0 Å². The molecule has 0 aliphatic heterocycles. The molecule has 1 aromatic carbocycles. The largest absolute Gasteiger partial charge is 0.495 e. The van der Waals surface area contributed by atoms with Crippen LogP contribution in [0, 0.1) is 6.07 Å². The minimum atomic E-state index is 0.528. The Morgan fingerprint density at radius 1 is 1.67 bits per heavy atom. The third-order valence-corrected chi connectivity index (χ3v) is 1.29. The summed E-state index contributed by atoms with van der Waals surface area (Å²) < 4.78 is 4.88. The fourth-order valence-corrected chi connectivity index (χ4v) is 0.762. The minimum Gasteiger partial charge on any atom is -0.495 e. The van der Waals surface area contributed by atoms with Gasteiger partial charge in [-0.3, -0.25) is 0 Å². The van der Waals surface area contributed by atoms with Crippen molar-refractivity contribution in [2.75, 3.05) is 7.11 Å². The van der Waals surface area contributed by atoms with Crippen molar-refractivity contribution in [2.45, 2.75) is 0 Å². The first kappa shape index (κ1) is 6.43. The molecule has 0 atom stereocenters. The Morgan fingerprint density at radius 3 is 2.89 bits per heavy atom. The maximum atomic E-state index is 5.64. The topological polar surface area (TPSA) is 9.23 Å². The maximum Gasteiger partial charge on any atom is 0.138 e. The lowest BCUT2D eigenvalue weighted by atomic mass is 10.3. The van der Waals surface area contributed by atoms with Gasteiger partial charge in [-0.1, -0.05) is 23.7 Å². The van der Waals surface area contributed by atoms with Crippen LogP contribution in [0.15, 0.2) is 18.2 Å². The van der Waals surface area contributed by atoms with Crippen molar-refractivity contribution in [3.8, 4) is 5.75 Å². The zero-order chi connectivity index (χ0) is 6.69. The number of ether oxygens (including phenoxy) is 1. The molecule has 1 aromatic rings. The molecule has 0 aliphatic rings. The van der Waals surface area contributed by atoms with Crippen LogP contribution < -0.4 is 4.74 Å². The molecular formula is C7H6ClO. The predicted molar refractivity (Wildman–Crippen MR) is 36.8 cm³/mol. The van der Waals surface area contributed by atoms with E-state index in [1.165, 1.54) is 0 Å². The Hall–Kier alpha value is -0.690. The van der Waals surface area contributed by atoms with Gasteiger partial charge in [0, 0.05) is 6.07 Å². The van der Waals surface area contributed by atoms with E-state index in [0.717, 1.165) is 0 Å². The molecule has 0 unspecified atom stereocenters. The lowest BCUT2D eigenvalue weighted by Crippen LogP contribution is -1.81. The van der Waals surface area contributed by atoms with Crippen LogP contribution in [-0.4, -0.2) is 7.11 Å². The summed E-state index contributed by atoms with van der Waals surface area (Å²) in [5.74, 6) is 0.666. The Balaban J connectivity index is 3.01. The van der Waals surface area contributed by atoms with Crippen molar-refractivity contribution in [1.82, 2.24) is 0 Å². The Morgan fingerprint density at radius 2 is 2.44 bits per heavy atom. The zero-order valence-electron chi connectivity index (χ0n) is 5.02. The van der Waals surface area contributed by atoms with E-state index in [4.69, 9.17) is 16.3 Å². The Bertz CT molecular complexity index is 198. The molecule has 9 heavy (non-hydrogen) atoms. The third kappa shape index (κ3) is 1.36. The van der Waals surface area contributed by atoms with Crippen molar-refractivity contribution in [2.24, 2.45) is 0 Å². The quantitative estimate of drug-likeness (QED) is 0.582. The van der Waals surface area contributed by atoms with Gasteiger partial charge in [0.2, 0.25) is 0 Å². The summed E-state index contributed by atoms with van der Waals surface area (Å²) in [5, 5.41) is 0.528. The van der Waals surface area contributed by atoms with Crippen LogP contribution in [0.2, 0.25) is 5.02 Å². The van der Waals surface area contributed by atoms with Gasteiger partial charge in [-0.05, 0) is 6.07 Å². The summed E-state index contributed by atoms with van der Waals surface area (Å²) in [7, 11) is 1.58. The van der Waals surface area contributed by atoms with Crippen LogP contribution in [-0.2, 0) is 0 Å². The number of rotatable bonds is 1. The van der Waals surface area contributed by atoms with Crippen LogP contribution in [0.1, 0.15) is 0 Å². The number of benzene rings is 1. The molecule has 0 spiro atoms. The molecule has 0 fully saturated rings. The summed E-state index contributed by atoms with van der Waals surface area (Å²) in [6.45, 7) is 0. The maximum absolute atomic E-state index is 5.64. The van der Waals surface area contributed by atoms with E-state index in [0.29, 0.717) is 10.8 Å². The second-order valence-electron chi connectivity index (χ2n) is 1.55. The molecule has 47 valence electrons. The van der Waals surface area contributed by atoms with Crippen molar-refractivity contribution >= 4 is 11.6 Å². The molecule has 2 heteroatoms. The highest BCUT2D eigenvalue weighted by molar-refractivity contribution is 6.31. The van der Waals surface area contributed by atoms with Crippen LogP contribution in [0.4, 0.5) is 0 Å². The molecule has 0 amide bonds. The summed E-state index contributed by atoms with van der Waals surface area (Å²) in [6.07, 6.45) is 0. The van der Waals surface area contributed by atoms with Gasteiger partial charge in [0.1, 0.15) is 5.75 Å². The highest BCUT2D eigenvalue weighted by Crippen LogP contribution is 2.21. The number of hydrogen-bond acceptors (Lipinski definition) is 1. The van der Waals surface area contributed by atoms with E-state index < -0.39 is 0 Å². The van der Waals surface area contributed by atoms with Gasteiger partial charge >= 0.3 is 0 Å². The van der Waals surface area contributed by atoms with Crippen molar-refractivity contribution in [3.63, 3.8) is 0 Å². The number of hydrogen-bond donors (Lipinski definition) is 0. The summed E-state index contributed by atoms with van der Waals surface area (Å²) >= 11 is 5.64. The Labute approximate surface area is 59.2 Å². The first-order valence-electron chi connectivity index (χ1n) is 2.55. The Kier molecular flexibility index (Phi) is 1.96. The third-order valence-electron chi connectivity index (χ3n) is 0.990. The van der Waals surface area contributed by atoms with Gasteiger partial charge in [-0.2, -0.15) is 0 Å².